The highest BCUT2D eigenvalue weighted by Gasteiger charge is 2.39. The highest BCUT2D eigenvalue weighted by Crippen LogP contribution is 2.33. The molecule has 5 heterocycles. The molecule has 6 rings (SSSR count). The number of hydrogen-bond donors (Lipinski definition) is 0. The Balaban J connectivity index is 1.19. The molecule has 198 valence electrons. The lowest BCUT2D eigenvalue weighted by molar-refractivity contribution is 0.0273. The molecule has 3 aliphatic heterocycles. The molecule has 0 aliphatic carbocycles. The van der Waals surface area contributed by atoms with E-state index in [0.29, 0.717) is 34.8 Å². The first kappa shape index (κ1) is 25.0. The maximum Gasteiger partial charge on any atom is 0.350 e. The molecule has 3 aliphatic rings. The molecule has 5 atom stereocenters. The predicted molar refractivity (Wildman–Crippen MR) is 147 cm³/mol. The van der Waals surface area contributed by atoms with Crippen LogP contribution in [0.2, 0.25) is 0 Å². The number of anilines is 1. The molecule has 0 N–H and O–H groups in total. The second-order valence-electron chi connectivity index (χ2n) is 11.2. The fraction of sp³-hybridized carbons (Fsp3) is 0.517. The molecule has 0 radical (unpaired) electrons. The Bertz CT molecular complexity index is 1450. The van der Waals surface area contributed by atoms with Crippen molar-refractivity contribution in [3.05, 3.63) is 69.4 Å². The van der Waals surface area contributed by atoms with Crippen LogP contribution in [-0.4, -0.2) is 74.8 Å². The van der Waals surface area contributed by atoms with Crippen molar-refractivity contribution in [3.63, 3.8) is 0 Å². The fourth-order valence-electron chi connectivity index (χ4n) is 6.45. The predicted octanol–water partition coefficient (Wildman–Crippen LogP) is 3.51. The molecule has 38 heavy (non-hydrogen) atoms. The van der Waals surface area contributed by atoms with Crippen molar-refractivity contribution in [2.24, 2.45) is 7.05 Å². The van der Waals surface area contributed by atoms with E-state index in [9.17, 15) is 4.79 Å². The van der Waals surface area contributed by atoms with Gasteiger partial charge in [0.2, 0.25) is 5.52 Å². The van der Waals surface area contributed by atoms with Crippen molar-refractivity contribution >= 4 is 22.7 Å². The topological polar surface area (TPSA) is 71.1 Å². The Kier molecular flexibility index (Phi) is 6.42. The summed E-state index contributed by atoms with van der Waals surface area (Å²) in [5.74, 6) is 0.881. The number of benzene rings is 1. The van der Waals surface area contributed by atoms with Crippen LogP contribution in [0.25, 0.3) is 15.9 Å². The minimum atomic E-state index is -0.310. The first-order chi connectivity index (χ1) is 18.3. The van der Waals surface area contributed by atoms with Crippen molar-refractivity contribution in [1.82, 2.24) is 24.3 Å². The number of ether oxygens (including phenoxy) is 1. The van der Waals surface area contributed by atoms with Crippen LogP contribution < -0.4 is 10.6 Å². The van der Waals surface area contributed by atoms with Gasteiger partial charge in [-0.1, -0.05) is 30.8 Å². The quantitative estimate of drug-likeness (QED) is 0.484. The number of aromatic nitrogens is 3. The minimum Gasteiger partial charge on any atom is -0.375 e. The summed E-state index contributed by atoms with van der Waals surface area (Å²) in [7, 11) is 1.70. The van der Waals surface area contributed by atoms with Crippen molar-refractivity contribution in [1.29, 1.82) is 0 Å². The number of aryl methyl sites for hydroxylation is 1. The van der Waals surface area contributed by atoms with E-state index < -0.39 is 0 Å². The molecule has 2 aromatic heterocycles. The Labute approximate surface area is 223 Å². The first-order valence-corrected chi connectivity index (χ1v) is 13.5. The summed E-state index contributed by atoms with van der Waals surface area (Å²) in [5, 5.41) is 0. The second-order valence-corrected chi connectivity index (χ2v) is 11.2. The van der Waals surface area contributed by atoms with Gasteiger partial charge in [-0.25, -0.2) is 4.79 Å². The van der Waals surface area contributed by atoms with Crippen LogP contribution in [0, 0.1) is 6.57 Å². The molecular weight excluding hydrogens is 478 g/mol. The number of rotatable bonds is 5. The number of pyridine rings is 1. The monoisotopic (exact) mass is 513 g/mol. The Morgan fingerprint density at radius 1 is 1.08 bits per heavy atom. The number of morpholine rings is 1. The third kappa shape index (κ3) is 4.37. The third-order valence-corrected chi connectivity index (χ3v) is 8.70. The van der Waals surface area contributed by atoms with Gasteiger partial charge in [0.15, 0.2) is 5.82 Å². The molecule has 3 saturated heterocycles. The van der Waals surface area contributed by atoms with Gasteiger partial charge in [-0.2, -0.15) is 4.98 Å². The number of nitrogens with zero attached hydrogens (tertiary/aromatic N) is 7. The summed E-state index contributed by atoms with van der Waals surface area (Å²) in [6.07, 6.45) is 1.61. The van der Waals surface area contributed by atoms with Gasteiger partial charge in [0.1, 0.15) is 0 Å². The Morgan fingerprint density at radius 2 is 1.87 bits per heavy atom. The lowest BCUT2D eigenvalue weighted by Gasteiger charge is -2.47. The molecule has 3 aromatic rings. The van der Waals surface area contributed by atoms with Crippen LogP contribution in [0.1, 0.15) is 44.4 Å². The van der Waals surface area contributed by atoms with Gasteiger partial charge in [-0.15, -0.1) is 4.98 Å². The second kappa shape index (κ2) is 9.77. The number of hydrogen-bond acceptors (Lipinski definition) is 7. The zero-order chi connectivity index (χ0) is 26.6. The summed E-state index contributed by atoms with van der Waals surface area (Å²) in [6, 6.07) is 13.8. The zero-order valence-corrected chi connectivity index (χ0v) is 22.5. The van der Waals surface area contributed by atoms with Gasteiger partial charge in [0.05, 0.1) is 18.2 Å². The van der Waals surface area contributed by atoms with E-state index >= 15 is 0 Å². The van der Waals surface area contributed by atoms with Crippen LogP contribution >= 0.6 is 0 Å². The largest absolute Gasteiger partial charge is 0.375 e. The molecule has 0 amide bonds. The lowest BCUT2D eigenvalue weighted by atomic mass is 9.99. The molecule has 2 bridgehead atoms. The molecule has 0 saturated carbocycles. The van der Waals surface area contributed by atoms with E-state index in [1.54, 1.807) is 19.2 Å². The molecule has 0 spiro atoms. The minimum absolute atomic E-state index is 0.127. The van der Waals surface area contributed by atoms with Gasteiger partial charge in [-0.3, -0.25) is 14.4 Å². The fourth-order valence-corrected chi connectivity index (χ4v) is 6.45. The highest BCUT2D eigenvalue weighted by molar-refractivity contribution is 5.87. The van der Waals surface area contributed by atoms with Crippen molar-refractivity contribution in [2.45, 2.75) is 64.0 Å². The smallest absolute Gasteiger partial charge is 0.350 e. The van der Waals surface area contributed by atoms with Gasteiger partial charge in [0, 0.05) is 57.4 Å². The molecule has 9 heteroatoms. The third-order valence-electron chi connectivity index (χ3n) is 8.70. The summed E-state index contributed by atoms with van der Waals surface area (Å²) in [4.78, 5) is 32.4. The summed E-state index contributed by atoms with van der Waals surface area (Å²) in [6.45, 7) is 18.6. The maximum atomic E-state index is 12.7. The summed E-state index contributed by atoms with van der Waals surface area (Å²) >= 11 is 0. The Hall–Kier alpha value is -3.32. The van der Waals surface area contributed by atoms with Crippen LogP contribution in [-0.2, 0) is 18.3 Å². The Morgan fingerprint density at radius 3 is 2.55 bits per heavy atom. The highest BCUT2D eigenvalue weighted by atomic mass is 16.5. The zero-order valence-electron chi connectivity index (χ0n) is 22.5. The summed E-state index contributed by atoms with van der Waals surface area (Å²) < 4.78 is 7.25. The van der Waals surface area contributed by atoms with E-state index in [4.69, 9.17) is 11.3 Å². The summed E-state index contributed by atoms with van der Waals surface area (Å²) in [5.41, 5.74) is 3.66. The average Bonchev–Trinajstić information content (AvgIpc) is 3.55. The van der Waals surface area contributed by atoms with Crippen molar-refractivity contribution in [3.8, 4) is 0 Å². The SMILES string of the molecule is [C-]#[N+]c1ccc2c(n1)c(N1C[C@@H](C)N(C(C)c3ccc(CN4C[C@@H]5C[C@H]4CO5)cc3)C[C@@H]1C)nc(=O)n2C. The van der Waals surface area contributed by atoms with Gasteiger partial charge >= 0.3 is 5.69 Å². The van der Waals surface area contributed by atoms with E-state index in [2.05, 4.69) is 74.5 Å². The van der Waals surface area contributed by atoms with Crippen LogP contribution in [0.4, 0.5) is 11.6 Å². The number of likely N-dealkylation sites (tertiary alicyclic amines) is 1. The molecule has 3 fully saturated rings. The van der Waals surface area contributed by atoms with Crippen molar-refractivity contribution in [2.75, 3.05) is 31.1 Å². The van der Waals surface area contributed by atoms with Crippen molar-refractivity contribution < 1.29 is 4.74 Å². The molecular formula is C29H35N7O2. The van der Waals surface area contributed by atoms with Gasteiger partial charge < -0.3 is 14.5 Å². The first-order valence-electron chi connectivity index (χ1n) is 13.5. The van der Waals surface area contributed by atoms with E-state index in [-0.39, 0.29) is 23.8 Å². The van der Waals surface area contributed by atoms with Crippen LogP contribution in [0.15, 0.2) is 41.2 Å². The molecule has 1 aromatic carbocycles. The average molecular weight is 514 g/mol. The van der Waals surface area contributed by atoms with Gasteiger partial charge in [-0.05, 0) is 50.5 Å². The molecule has 1 unspecified atom stereocenters. The van der Waals surface area contributed by atoms with E-state index in [1.165, 1.54) is 22.1 Å². The van der Waals surface area contributed by atoms with E-state index in [0.717, 1.165) is 32.8 Å². The molecule has 9 nitrogen and oxygen atoms in total. The van der Waals surface area contributed by atoms with Crippen LogP contribution in [0.3, 0.4) is 0 Å². The number of piperazine rings is 1. The number of fused-ring (bicyclic) bond motifs is 3. The normalized spacial score (nSPS) is 26.7. The maximum absolute atomic E-state index is 12.7. The lowest BCUT2D eigenvalue weighted by Crippen LogP contribution is -2.57. The standard InChI is InChI=1S/C29H35N7O2/c1-18-14-36(28-27-25(33(5)29(37)32-28)10-11-26(30-4)31-27)19(2)13-35(18)20(3)22-8-6-21(7-9-22)15-34-16-24-12-23(34)17-38-24/h6-11,18-20,23-24H,12-17H2,1-3,5H3/t18-,19+,20?,23+,24+/m1/s1. The van der Waals surface area contributed by atoms with E-state index in [1.807, 2.05) is 0 Å². The van der Waals surface area contributed by atoms with Crippen LogP contribution in [0.5, 0.6) is 0 Å². The van der Waals surface area contributed by atoms with Gasteiger partial charge in [0.25, 0.3) is 5.82 Å².